The summed E-state index contributed by atoms with van der Waals surface area (Å²) in [4.78, 5) is 12.1. The maximum atomic E-state index is 13.6. The van der Waals surface area contributed by atoms with Gasteiger partial charge in [-0.25, -0.2) is 4.39 Å². The Balaban J connectivity index is 1.73. The zero-order valence-electron chi connectivity index (χ0n) is 11.2. The number of nitrogens with one attached hydrogen (secondary N) is 2. The Kier molecular flexibility index (Phi) is 4.10. The molecule has 3 nitrogen and oxygen atoms in total. The second kappa shape index (κ2) is 6.01. The number of rotatable bonds is 3. The third kappa shape index (κ3) is 3.18. The molecule has 1 amide bonds. The van der Waals surface area contributed by atoms with Crippen LogP contribution >= 0.6 is 22.6 Å². The Bertz CT molecular complexity index is 675. The molecule has 1 aliphatic heterocycles. The van der Waals surface area contributed by atoms with Crippen molar-refractivity contribution in [3.63, 3.8) is 0 Å². The first-order valence-corrected chi connectivity index (χ1v) is 7.82. The molecule has 0 aromatic heterocycles. The zero-order valence-corrected chi connectivity index (χ0v) is 13.4. The Morgan fingerprint density at radius 3 is 2.67 bits per heavy atom. The van der Waals surface area contributed by atoms with E-state index in [1.807, 2.05) is 52.9 Å². The van der Waals surface area contributed by atoms with Gasteiger partial charge >= 0.3 is 0 Å². The summed E-state index contributed by atoms with van der Waals surface area (Å²) in [5, 5.41) is 5.97. The van der Waals surface area contributed by atoms with Gasteiger partial charge in [0.15, 0.2) is 0 Å². The van der Waals surface area contributed by atoms with Gasteiger partial charge in [-0.3, -0.25) is 4.79 Å². The van der Waals surface area contributed by atoms with Gasteiger partial charge in [0.2, 0.25) is 5.91 Å². The number of halogens is 2. The fourth-order valence-corrected chi connectivity index (χ4v) is 2.87. The molecule has 2 aromatic rings. The summed E-state index contributed by atoms with van der Waals surface area (Å²) >= 11 is 1.91. The van der Waals surface area contributed by atoms with E-state index in [4.69, 9.17) is 0 Å². The van der Waals surface area contributed by atoms with Crippen molar-refractivity contribution in [1.82, 2.24) is 0 Å². The van der Waals surface area contributed by atoms with E-state index in [-0.39, 0.29) is 17.8 Å². The number of anilines is 2. The maximum absolute atomic E-state index is 13.6. The number of hydrogen-bond acceptors (Lipinski definition) is 2. The number of aryl methyl sites for hydroxylation is 1. The maximum Gasteiger partial charge on any atom is 0.246 e. The minimum Gasteiger partial charge on any atom is -0.372 e. The van der Waals surface area contributed by atoms with Crippen LogP contribution in [0.1, 0.15) is 12.0 Å². The summed E-state index contributed by atoms with van der Waals surface area (Å²) in [6.45, 7) is 0. The van der Waals surface area contributed by atoms with Crippen molar-refractivity contribution in [2.24, 2.45) is 0 Å². The molecular weight excluding hydrogens is 382 g/mol. The minimum atomic E-state index is -0.336. The van der Waals surface area contributed by atoms with Crippen molar-refractivity contribution in [1.29, 1.82) is 0 Å². The van der Waals surface area contributed by atoms with E-state index in [0.29, 0.717) is 21.4 Å². The highest BCUT2D eigenvalue weighted by atomic mass is 127. The number of benzene rings is 2. The smallest absolute Gasteiger partial charge is 0.246 e. The van der Waals surface area contributed by atoms with E-state index < -0.39 is 0 Å². The van der Waals surface area contributed by atoms with Crippen molar-refractivity contribution < 1.29 is 9.18 Å². The summed E-state index contributed by atoms with van der Waals surface area (Å²) in [6.07, 6.45) is 1.47. The zero-order chi connectivity index (χ0) is 14.8. The SMILES string of the molecule is O=C1Nc2cc(I)c(F)cc2NC1CCc1ccccc1. The predicted octanol–water partition coefficient (Wildman–Crippen LogP) is 3.80. The Morgan fingerprint density at radius 2 is 1.90 bits per heavy atom. The molecular formula is C16H14FIN2O. The topological polar surface area (TPSA) is 41.1 Å². The molecule has 21 heavy (non-hydrogen) atoms. The monoisotopic (exact) mass is 396 g/mol. The number of fused-ring (bicyclic) bond motifs is 1. The number of carbonyl (C=O) groups excluding carboxylic acids is 1. The van der Waals surface area contributed by atoms with Gasteiger partial charge in [-0.1, -0.05) is 30.3 Å². The van der Waals surface area contributed by atoms with Gasteiger partial charge in [-0.15, -0.1) is 0 Å². The van der Waals surface area contributed by atoms with Crippen LogP contribution in [0.4, 0.5) is 15.8 Å². The lowest BCUT2D eigenvalue weighted by Gasteiger charge is -2.27. The van der Waals surface area contributed by atoms with Gasteiger partial charge in [0.05, 0.1) is 14.9 Å². The number of hydrogen-bond donors (Lipinski definition) is 2. The van der Waals surface area contributed by atoms with Crippen molar-refractivity contribution in [2.45, 2.75) is 18.9 Å². The molecule has 1 atom stereocenters. The summed E-state index contributed by atoms with van der Waals surface area (Å²) in [6, 6.07) is 12.8. The molecule has 1 unspecified atom stereocenters. The minimum absolute atomic E-state index is 0.0687. The van der Waals surface area contributed by atoms with Crippen LogP contribution in [0.25, 0.3) is 0 Å². The normalized spacial score (nSPS) is 16.9. The summed E-state index contributed by atoms with van der Waals surface area (Å²) in [5.41, 5.74) is 2.47. The van der Waals surface area contributed by atoms with Crippen LogP contribution in [0.15, 0.2) is 42.5 Å². The molecule has 5 heteroatoms. The lowest BCUT2D eigenvalue weighted by molar-refractivity contribution is -0.117. The first kappa shape index (κ1) is 14.3. The van der Waals surface area contributed by atoms with Crippen molar-refractivity contribution in [3.8, 4) is 0 Å². The van der Waals surface area contributed by atoms with E-state index in [1.54, 1.807) is 6.07 Å². The highest BCUT2D eigenvalue weighted by Gasteiger charge is 2.26. The number of carbonyl (C=O) groups is 1. The van der Waals surface area contributed by atoms with Gasteiger partial charge in [0.25, 0.3) is 0 Å². The highest BCUT2D eigenvalue weighted by Crippen LogP contribution is 2.31. The molecule has 1 heterocycles. The summed E-state index contributed by atoms with van der Waals surface area (Å²) in [5.74, 6) is -0.347. The second-order valence-corrected chi connectivity index (χ2v) is 6.18. The molecule has 0 saturated heterocycles. The van der Waals surface area contributed by atoms with Crippen molar-refractivity contribution >= 4 is 39.9 Å². The molecule has 0 aliphatic carbocycles. The molecule has 0 bridgehead atoms. The van der Waals surface area contributed by atoms with Gasteiger partial charge in [-0.05, 0) is 47.1 Å². The van der Waals surface area contributed by atoms with Crippen molar-refractivity contribution in [2.75, 3.05) is 10.6 Å². The fraction of sp³-hybridized carbons (Fsp3) is 0.188. The van der Waals surface area contributed by atoms with E-state index in [0.717, 1.165) is 6.42 Å². The van der Waals surface area contributed by atoms with E-state index >= 15 is 0 Å². The number of amides is 1. The molecule has 3 rings (SSSR count). The average molecular weight is 396 g/mol. The van der Waals surface area contributed by atoms with Crippen LogP contribution in [-0.2, 0) is 11.2 Å². The van der Waals surface area contributed by atoms with Crippen LogP contribution in [0.2, 0.25) is 0 Å². The predicted molar refractivity (Wildman–Crippen MR) is 89.9 cm³/mol. The fourth-order valence-electron chi connectivity index (χ4n) is 2.40. The van der Waals surface area contributed by atoms with Crippen LogP contribution in [0.3, 0.4) is 0 Å². The van der Waals surface area contributed by atoms with Gasteiger partial charge < -0.3 is 10.6 Å². The van der Waals surface area contributed by atoms with E-state index in [1.165, 1.54) is 11.6 Å². The third-order valence-electron chi connectivity index (χ3n) is 3.53. The lowest BCUT2D eigenvalue weighted by atomic mass is 10.0. The molecule has 1 aliphatic rings. The molecule has 2 N–H and O–H groups in total. The third-order valence-corrected chi connectivity index (χ3v) is 4.36. The van der Waals surface area contributed by atoms with Crippen LogP contribution in [0.5, 0.6) is 0 Å². The van der Waals surface area contributed by atoms with Gasteiger partial charge in [0.1, 0.15) is 11.9 Å². The molecule has 0 radical (unpaired) electrons. The first-order chi connectivity index (χ1) is 10.1. The summed E-state index contributed by atoms with van der Waals surface area (Å²) < 4.78 is 14.1. The van der Waals surface area contributed by atoms with Crippen LogP contribution in [0, 0.1) is 9.39 Å². The van der Waals surface area contributed by atoms with Crippen LogP contribution < -0.4 is 10.6 Å². The Labute approximate surface area is 136 Å². The van der Waals surface area contributed by atoms with Crippen molar-refractivity contribution in [3.05, 3.63) is 57.4 Å². The lowest BCUT2D eigenvalue weighted by Crippen LogP contribution is -2.39. The van der Waals surface area contributed by atoms with Crippen LogP contribution in [-0.4, -0.2) is 11.9 Å². The molecule has 0 saturated carbocycles. The Morgan fingerprint density at radius 1 is 1.14 bits per heavy atom. The second-order valence-electron chi connectivity index (χ2n) is 5.02. The quantitative estimate of drug-likeness (QED) is 0.776. The van der Waals surface area contributed by atoms with E-state index in [2.05, 4.69) is 10.6 Å². The molecule has 0 fully saturated rings. The molecule has 2 aromatic carbocycles. The van der Waals surface area contributed by atoms with Gasteiger partial charge in [0, 0.05) is 6.07 Å². The van der Waals surface area contributed by atoms with E-state index in [9.17, 15) is 9.18 Å². The highest BCUT2D eigenvalue weighted by molar-refractivity contribution is 14.1. The molecule has 108 valence electrons. The average Bonchev–Trinajstić information content (AvgIpc) is 2.48. The first-order valence-electron chi connectivity index (χ1n) is 6.74. The summed E-state index contributed by atoms with van der Waals surface area (Å²) in [7, 11) is 0. The largest absolute Gasteiger partial charge is 0.372 e. The standard InChI is InChI=1S/C16H14FIN2O/c17-11-8-14-15(9-12(11)18)20-16(21)13(19-14)7-6-10-4-2-1-3-5-10/h1-5,8-9,13,19H,6-7H2,(H,20,21). The van der Waals surface area contributed by atoms with Gasteiger partial charge in [-0.2, -0.15) is 0 Å². The molecule has 0 spiro atoms. The Hall–Kier alpha value is -1.63.